The molecule has 27 heavy (non-hydrogen) atoms. The van der Waals surface area contributed by atoms with Crippen LogP contribution in [-0.2, 0) is 4.79 Å². The van der Waals surface area contributed by atoms with Gasteiger partial charge in [-0.3, -0.25) is 9.78 Å². The topological polar surface area (TPSA) is 60.5 Å². The zero-order valence-electron chi connectivity index (χ0n) is 16.9. The summed E-state index contributed by atoms with van der Waals surface area (Å²) < 4.78 is 11.1. The van der Waals surface area contributed by atoms with E-state index in [0.717, 1.165) is 28.2 Å². The number of rotatable bonds is 7. The van der Waals surface area contributed by atoms with Gasteiger partial charge in [0.15, 0.2) is 11.5 Å². The molecular weight excluding hydrogens is 340 g/mol. The molecule has 0 aliphatic heterocycles. The number of hydrogen-bond donors (Lipinski definition) is 1. The van der Waals surface area contributed by atoms with Crippen LogP contribution in [0.25, 0.3) is 6.08 Å². The lowest BCUT2D eigenvalue weighted by Crippen LogP contribution is -2.11. The smallest absolute Gasteiger partial charge is 0.248 e. The Kier molecular flexibility index (Phi) is 6.99. The van der Waals surface area contributed by atoms with Crippen LogP contribution in [0, 0.1) is 26.7 Å². The minimum absolute atomic E-state index is 0.203. The predicted octanol–water partition coefficient (Wildman–Crippen LogP) is 4.70. The van der Waals surface area contributed by atoms with E-state index in [1.807, 2.05) is 45.0 Å². The first-order valence-corrected chi connectivity index (χ1v) is 9.05. The maximum atomic E-state index is 12.3. The van der Waals surface area contributed by atoms with Gasteiger partial charge in [0.05, 0.1) is 25.1 Å². The van der Waals surface area contributed by atoms with Crippen LogP contribution in [0.15, 0.2) is 30.3 Å². The molecular formula is C22H28N2O3. The van der Waals surface area contributed by atoms with Crippen molar-refractivity contribution in [3.05, 3.63) is 52.9 Å². The highest BCUT2D eigenvalue weighted by molar-refractivity contribution is 6.02. The Bertz CT molecular complexity index is 818. The summed E-state index contributed by atoms with van der Waals surface area (Å²) in [6.45, 7) is 10.6. The van der Waals surface area contributed by atoms with Crippen molar-refractivity contribution in [3.63, 3.8) is 0 Å². The molecule has 0 saturated carbocycles. The minimum atomic E-state index is -0.203. The van der Waals surface area contributed by atoms with Gasteiger partial charge in [0.2, 0.25) is 5.91 Å². The Balaban J connectivity index is 2.10. The van der Waals surface area contributed by atoms with Gasteiger partial charge in [-0.2, -0.15) is 0 Å². The van der Waals surface area contributed by atoms with Gasteiger partial charge in [-0.15, -0.1) is 0 Å². The first kappa shape index (κ1) is 20.5. The average molecular weight is 368 g/mol. The lowest BCUT2D eigenvalue weighted by atomic mass is 10.1. The van der Waals surface area contributed by atoms with Gasteiger partial charge < -0.3 is 14.8 Å². The number of benzene rings is 1. The zero-order chi connectivity index (χ0) is 20.0. The Labute approximate surface area is 161 Å². The molecule has 1 aromatic carbocycles. The number of hydrogen-bond acceptors (Lipinski definition) is 4. The number of carbonyl (C=O) groups excluding carboxylic acids is 1. The quantitative estimate of drug-likeness (QED) is 0.720. The molecule has 1 heterocycles. The Hall–Kier alpha value is -2.82. The number of aromatic nitrogens is 1. The minimum Gasteiger partial charge on any atom is -0.493 e. The molecule has 5 nitrogen and oxygen atoms in total. The number of carbonyl (C=O) groups is 1. The van der Waals surface area contributed by atoms with Crippen LogP contribution in [0.5, 0.6) is 11.5 Å². The van der Waals surface area contributed by atoms with E-state index in [0.29, 0.717) is 24.0 Å². The summed E-state index contributed by atoms with van der Waals surface area (Å²) in [7, 11) is 1.60. The molecule has 0 radical (unpaired) electrons. The summed E-state index contributed by atoms with van der Waals surface area (Å²) in [6.07, 6.45) is 3.25. The first-order chi connectivity index (χ1) is 12.8. The maximum Gasteiger partial charge on any atom is 0.248 e. The lowest BCUT2D eigenvalue weighted by molar-refractivity contribution is -0.111. The van der Waals surface area contributed by atoms with E-state index in [-0.39, 0.29) is 5.91 Å². The SMILES string of the molecule is COc1cc(/C=C/C(=O)Nc2c(C)cc(C)nc2C)ccc1OCC(C)C. The summed E-state index contributed by atoms with van der Waals surface area (Å²) in [6, 6.07) is 7.55. The molecule has 1 aromatic heterocycles. The van der Waals surface area contributed by atoms with Crippen LogP contribution in [0.1, 0.15) is 36.4 Å². The van der Waals surface area contributed by atoms with Crippen molar-refractivity contribution >= 4 is 17.7 Å². The fourth-order valence-electron chi connectivity index (χ4n) is 2.71. The Morgan fingerprint density at radius 1 is 1.19 bits per heavy atom. The van der Waals surface area contributed by atoms with E-state index in [4.69, 9.17) is 9.47 Å². The number of anilines is 1. The van der Waals surface area contributed by atoms with Gasteiger partial charge in [-0.1, -0.05) is 19.9 Å². The van der Waals surface area contributed by atoms with Crippen LogP contribution in [-0.4, -0.2) is 24.6 Å². The second-order valence-electron chi connectivity index (χ2n) is 6.98. The van der Waals surface area contributed by atoms with Crippen LogP contribution >= 0.6 is 0 Å². The van der Waals surface area contributed by atoms with Crippen LogP contribution in [0.3, 0.4) is 0 Å². The highest BCUT2D eigenvalue weighted by Crippen LogP contribution is 2.29. The molecule has 0 unspecified atom stereocenters. The van der Waals surface area contributed by atoms with Gasteiger partial charge in [-0.05, 0) is 62.1 Å². The monoisotopic (exact) mass is 368 g/mol. The summed E-state index contributed by atoms with van der Waals surface area (Å²) in [5, 5.41) is 2.90. The number of amides is 1. The normalized spacial score (nSPS) is 11.1. The highest BCUT2D eigenvalue weighted by Gasteiger charge is 2.08. The number of nitrogens with one attached hydrogen (secondary N) is 1. The third-order valence-corrected chi connectivity index (χ3v) is 3.96. The molecule has 0 aliphatic carbocycles. The van der Waals surface area contributed by atoms with Gasteiger partial charge in [-0.25, -0.2) is 0 Å². The van der Waals surface area contributed by atoms with Crippen LogP contribution < -0.4 is 14.8 Å². The van der Waals surface area contributed by atoms with Crippen LogP contribution in [0.2, 0.25) is 0 Å². The number of nitrogens with zero attached hydrogens (tertiary/aromatic N) is 1. The molecule has 0 fully saturated rings. The van der Waals surface area contributed by atoms with Crippen molar-refractivity contribution in [2.75, 3.05) is 19.0 Å². The highest BCUT2D eigenvalue weighted by atomic mass is 16.5. The maximum absolute atomic E-state index is 12.3. The second-order valence-corrected chi connectivity index (χ2v) is 6.98. The van der Waals surface area contributed by atoms with E-state index in [9.17, 15) is 4.79 Å². The van der Waals surface area contributed by atoms with Crippen molar-refractivity contribution in [2.45, 2.75) is 34.6 Å². The van der Waals surface area contributed by atoms with E-state index in [2.05, 4.69) is 24.1 Å². The van der Waals surface area contributed by atoms with E-state index in [1.54, 1.807) is 13.2 Å². The summed E-state index contributed by atoms with van der Waals surface area (Å²) in [4.78, 5) is 16.7. The number of methoxy groups -OCH3 is 1. The third-order valence-electron chi connectivity index (χ3n) is 3.96. The van der Waals surface area contributed by atoms with E-state index in [1.165, 1.54) is 6.08 Å². The largest absolute Gasteiger partial charge is 0.493 e. The zero-order valence-corrected chi connectivity index (χ0v) is 16.9. The fourth-order valence-corrected chi connectivity index (χ4v) is 2.71. The standard InChI is InChI=1S/C22H28N2O3/c1-14(2)13-27-19-9-7-18(12-20(19)26-6)8-10-21(25)24-22-15(3)11-16(4)23-17(22)5/h7-12,14H,13H2,1-6H3,(H,24,25)/b10-8+. The molecule has 0 aliphatic rings. The van der Waals surface area contributed by atoms with Gasteiger partial charge in [0, 0.05) is 11.8 Å². The molecule has 0 atom stereocenters. The predicted molar refractivity (Wildman–Crippen MR) is 109 cm³/mol. The van der Waals surface area contributed by atoms with Crippen LogP contribution in [0.4, 0.5) is 5.69 Å². The molecule has 2 aromatic rings. The number of ether oxygens (including phenoxy) is 2. The van der Waals surface area contributed by atoms with E-state index < -0.39 is 0 Å². The van der Waals surface area contributed by atoms with Crippen molar-refractivity contribution in [2.24, 2.45) is 5.92 Å². The summed E-state index contributed by atoms with van der Waals surface area (Å²) in [5.41, 5.74) is 4.35. The van der Waals surface area contributed by atoms with E-state index >= 15 is 0 Å². The molecule has 1 N–H and O–H groups in total. The van der Waals surface area contributed by atoms with Crippen molar-refractivity contribution in [3.8, 4) is 11.5 Å². The molecule has 0 bridgehead atoms. The average Bonchev–Trinajstić information content (AvgIpc) is 2.61. The molecule has 2 rings (SSSR count). The Morgan fingerprint density at radius 3 is 2.56 bits per heavy atom. The summed E-state index contributed by atoms with van der Waals surface area (Å²) >= 11 is 0. The molecule has 0 spiro atoms. The Morgan fingerprint density at radius 2 is 1.93 bits per heavy atom. The number of pyridine rings is 1. The van der Waals surface area contributed by atoms with Crippen molar-refractivity contribution in [1.29, 1.82) is 0 Å². The molecule has 0 saturated heterocycles. The molecule has 5 heteroatoms. The second kappa shape index (κ2) is 9.21. The third kappa shape index (κ3) is 5.84. The van der Waals surface area contributed by atoms with Crippen molar-refractivity contribution < 1.29 is 14.3 Å². The fraction of sp³-hybridized carbons (Fsp3) is 0.364. The van der Waals surface area contributed by atoms with Gasteiger partial charge in [0.25, 0.3) is 0 Å². The van der Waals surface area contributed by atoms with Gasteiger partial charge >= 0.3 is 0 Å². The molecule has 1 amide bonds. The summed E-state index contributed by atoms with van der Waals surface area (Å²) in [5.74, 6) is 1.57. The molecule has 144 valence electrons. The number of aryl methyl sites for hydroxylation is 3. The van der Waals surface area contributed by atoms with Gasteiger partial charge in [0.1, 0.15) is 0 Å². The first-order valence-electron chi connectivity index (χ1n) is 9.05. The lowest BCUT2D eigenvalue weighted by Gasteiger charge is -2.13. The van der Waals surface area contributed by atoms with Crippen molar-refractivity contribution in [1.82, 2.24) is 4.98 Å².